The van der Waals surface area contributed by atoms with Gasteiger partial charge in [-0.3, -0.25) is 4.79 Å². The van der Waals surface area contributed by atoms with E-state index in [-0.39, 0.29) is 18.9 Å². The molecule has 0 bridgehead atoms. The topological polar surface area (TPSA) is 89.8 Å². The third kappa shape index (κ3) is 52.5. The Morgan fingerprint density at radius 1 is 0.364 bits per heavy atom. The highest BCUT2D eigenvalue weighted by Crippen LogP contribution is 2.19. The molecule has 5 heteroatoms. The highest BCUT2D eigenvalue weighted by atomic mass is 16.3. The van der Waals surface area contributed by atoms with Crippen LogP contribution in [0.2, 0.25) is 0 Å². The Bertz CT molecular complexity index is 940. The minimum atomic E-state index is -0.746. The lowest BCUT2D eigenvalue weighted by Gasteiger charge is -2.23. The van der Waals surface area contributed by atoms with Crippen LogP contribution in [0, 0.1) is 0 Å². The Morgan fingerprint density at radius 2 is 0.606 bits per heavy atom. The van der Waals surface area contributed by atoms with Crippen LogP contribution in [0.25, 0.3) is 0 Å². The second-order valence-electron chi connectivity index (χ2n) is 21.3. The number of unbranched alkanes of at least 4 members (excludes halogenated alkanes) is 46. The fourth-order valence-corrected chi connectivity index (χ4v) is 9.93. The van der Waals surface area contributed by atoms with Gasteiger partial charge in [0.2, 0.25) is 5.91 Å². The molecule has 0 rings (SSSR count). The lowest BCUT2D eigenvalue weighted by molar-refractivity contribution is -0.125. The summed E-state index contributed by atoms with van der Waals surface area (Å²) >= 11 is 0. The molecule has 394 valence electrons. The van der Waals surface area contributed by atoms with Crippen LogP contribution >= 0.6 is 0 Å². The standard InChI is InChI=1S/C61H121NO4/c1-3-5-7-9-11-13-15-17-19-20-21-22-23-24-25-26-27-28-29-30-31-32-33-34-35-36-37-38-39-40-41-42-44-46-48-50-52-54-58(64)56-61(66)62-59(57-63)60(65)55-53-51-49-47-45-43-18-16-14-12-10-8-6-4-2/h30-31,58-60,63-65H,3-29,32-57H2,1-2H3,(H,62,66)/b31-30-. The first-order valence-electron chi connectivity index (χ1n) is 30.5. The number of nitrogens with one attached hydrogen (secondary N) is 1. The molecule has 3 atom stereocenters. The summed E-state index contributed by atoms with van der Waals surface area (Å²) in [4.78, 5) is 12.5. The monoisotopic (exact) mass is 932 g/mol. The molecule has 0 aliphatic rings. The molecule has 0 saturated carbocycles. The van der Waals surface area contributed by atoms with Crippen molar-refractivity contribution in [3.05, 3.63) is 12.2 Å². The molecule has 0 aromatic carbocycles. The number of allylic oxidation sites excluding steroid dienone is 2. The van der Waals surface area contributed by atoms with Gasteiger partial charge in [-0.15, -0.1) is 0 Å². The van der Waals surface area contributed by atoms with E-state index in [0.29, 0.717) is 12.8 Å². The molecule has 1 amide bonds. The van der Waals surface area contributed by atoms with Crippen molar-refractivity contribution < 1.29 is 20.1 Å². The molecule has 5 nitrogen and oxygen atoms in total. The average Bonchev–Trinajstić information content (AvgIpc) is 3.31. The molecular formula is C61H121NO4. The maximum atomic E-state index is 12.5. The van der Waals surface area contributed by atoms with Crippen LogP contribution < -0.4 is 5.32 Å². The first-order chi connectivity index (χ1) is 32.5. The maximum Gasteiger partial charge on any atom is 0.222 e. The second-order valence-corrected chi connectivity index (χ2v) is 21.3. The number of hydrogen-bond donors (Lipinski definition) is 4. The molecule has 0 heterocycles. The van der Waals surface area contributed by atoms with Crippen molar-refractivity contribution in [1.29, 1.82) is 0 Å². The largest absolute Gasteiger partial charge is 0.394 e. The van der Waals surface area contributed by atoms with Gasteiger partial charge in [-0.05, 0) is 38.5 Å². The van der Waals surface area contributed by atoms with Gasteiger partial charge in [0, 0.05) is 0 Å². The Morgan fingerprint density at radius 3 is 0.879 bits per heavy atom. The number of amides is 1. The van der Waals surface area contributed by atoms with Crippen molar-refractivity contribution >= 4 is 5.91 Å². The smallest absolute Gasteiger partial charge is 0.222 e. The summed E-state index contributed by atoms with van der Waals surface area (Å²) < 4.78 is 0. The van der Waals surface area contributed by atoms with Gasteiger partial charge in [-0.2, -0.15) is 0 Å². The van der Waals surface area contributed by atoms with Crippen molar-refractivity contribution in [3.8, 4) is 0 Å². The fraction of sp³-hybridized carbons (Fsp3) is 0.951. The van der Waals surface area contributed by atoms with E-state index in [0.717, 1.165) is 25.7 Å². The Kier molecular flexibility index (Phi) is 55.9. The van der Waals surface area contributed by atoms with Gasteiger partial charge in [0.25, 0.3) is 0 Å². The van der Waals surface area contributed by atoms with Crippen molar-refractivity contribution in [2.45, 2.75) is 366 Å². The lowest BCUT2D eigenvalue weighted by Crippen LogP contribution is -2.46. The number of rotatable bonds is 57. The molecule has 4 N–H and O–H groups in total. The van der Waals surface area contributed by atoms with Crippen LogP contribution in [0.1, 0.15) is 348 Å². The molecule has 0 aromatic heterocycles. The van der Waals surface area contributed by atoms with E-state index in [9.17, 15) is 20.1 Å². The first kappa shape index (κ1) is 65.1. The Balaban J connectivity index is 3.42. The zero-order valence-electron chi connectivity index (χ0n) is 45.1. The van der Waals surface area contributed by atoms with Gasteiger partial charge in [-0.1, -0.05) is 315 Å². The highest BCUT2D eigenvalue weighted by molar-refractivity contribution is 5.76. The Hall–Kier alpha value is -0.910. The summed E-state index contributed by atoms with van der Waals surface area (Å²) in [7, 11) is 0. The quantitative estimate of drug-likeness (QED) is 0.0361. The summed E-state index contributed by atoms with van der Waals surface area (Å²) in [6.07, 6.45) is 71.2. The minimum Gasteiger partial charge on any atom is -0.394 e. The van der Waals surface area contributed by atoms with E-state index >= 15 is 0 Å². The predicted molar refractivity (Wildman–Crippen MR) is 292 cm³/mol. The molecule has 0 aromatic rings. The summed E-state index contributed by atoms with van der Waals surface area (Å²) in [6, 6.07) is -0.655. The number of aliphatic hydroxyl groups is 3. The lowest BCUT2D eigenvalue weighted by atomic mass is 10.0. The molecular weight excluding hydrogens is 811 g/mol. The average molecular weight is 933 g/mol. The van der Waals surface area contributed by atoms with Crippen molar-refractivity contribution in [3.63, 3.8) is 0 Å². The first-order valence-corrected chi connectivity index (χ1v) is 30.5. The summed E-state index contributed by atoms with van der Waals surface area (Å²) in [5.74, 6) is -0.277. The number of hydrogen-bond acceptors (Lipinski definition) is 4. The number of carbonyl (C=O) groups excluding carboxylic acids is 1. The molecule has 0 spiro atoms. The van der Waals surface area contributed by atoms with E-state index in [1.165, 1.54) is 289 Å². The minimum absolute atomic E-state index is 0.0410. The molecule has 0 aliphatic heterocycles. The van der Waals surface area contributed by atoms with Gasteiger partial charge >= 0.3 is 0 Å². The molecule has 0 fully saturated rings. The predicted octanol–water partition coefficient (Wildman–Crippen LogP) is 19.1. The van der Waals surface area contributed by atoms with Gasteiger partial charge < -0.3 is 20.6 Å². The van der Waals surface area contributed by atoms with Gasteiger partial charge in [-0.25, -0.2) is 0 Å². The highest BCUT2D eigenvalue weighted by Gasteiger charge is 2.21. The zero-order valence-corrected chi connectivity index (χ0v) is 45.1. The fourth-order valence-electron chi connectivity index (χ4n) is 9.93. The summed E-state index contributed by atoms with van der Waals surface area (Å²) in [6.45, 7) is 4.30. The summed E-state index contributed by atoms with van der Waals surface area (Å²) in [5, 5.41) is 33.6. The van der Waals surface area contributed by atoms with Gasteiger partial charge in [0.05, 0.1) is 31.3 Å². The van der Waals surface area contributed by atoms with Crippen molar-refractivity contribution in [1.82, 2.24) is 5.32 Å². The number of carbonyl (C=O) groups is 1. The molecule has 66 heavy (non-hydrogen) atoms. The van der Waals surface area contributed by atoms with Gasteiger partial charge in [0.15, 0.2) is 0 Å². The van der Waals surface area contributed by atoms with Crippen LogP contribution in [0.4, 0.5) is 0 Å². The molecule has 0 aliphatic carbocycles. The third-order valence-electron chi connectivity index (χ3n) is 14.6. The molecule has 0 radical (unpaired) electrons. The molecule has 3 unspecified atom stereocenters. The van der Waals surface area contributed by atoms with Gasteiger partial charge in [0.1, 0.15) is 0 Å². The SMILES string of the molecule is CCCCCCCCCCCCCCCCCCCC/C=C\CCCCCCCCCCCCCCCCCC(O)CC(=O)NC(CO)C(O)CCCCCCCCCCCCCCCC. The van der Waals surface area contributed by atoms with E-state index in [4.69, 9.17) is 0 Å². The van der Waals surface area contributed by atoms with Crippen LogP contribution in [0.3, 0.4) is 0 Å². The Labute approximate surface area is 414 Å². The van der Waals surface area contributed by atoms with E-state index < -0.39 is 18.2 Å². The van der Waals surface area contributed by atoms with Crippen LogP contribution in [0.15, 0.2) is 12.2 Å². The van der Waals surface area contributed by atoms with Crippen LogP contribution in [-0.2, 0) is 4.79 Å². The third-order valence-corrected chi connectivity index (χ3v) is 14.6. The zero-order chi connectivity index (χ0) is 47.9. The van der Waals surface area contributed by atoms with Crippen molar-refractivity contribution in [2.24, 2.45) is 0 Å². The normalized spacial score (nSPS) is 13.2. The second kappa shape index (κ2) is 56.7. The van der Waals surface area contributed by atoms with Crippen molar-refractivity contribution in [2.75, 3.05) is 6.61 Å². The maximum absolute atomic E-state index is 12.5. The molecule has 0 saturated heterocycles. The number of aliphatic hydroxyl groups excluding tert-OH is 3. The van der Waals surface area contributed by atoms with E-state index in [1.54, 1.807) is 0 Å². The van der Waals surface area contributed by atoms with E-state index in [1.807, 2.05) is 0 Å². The summed E-state index contributed by atoms with van der Waals surface area (Å²) in [5.41, 5.74) is 0. The van der Waals surface area contributed by atoms with Crippen LogP contribution in [-0.4, -0.2) is 46.1 Å². The van der Waals surface area contributed by atoms with E-state index in [2.05, 4.69) is 31.3 Å². The van der Waals surface area contributed by atoms with Crippen LogP contribution in [0.5, 0.6) is 0 Å².